The average molecular weight is 607 g/mol. The van der Waals surface area contributed by atoms with E-state index in [2.05, 4.69) is 20.8 Å². The van der Waals surface area contributed by atoms with Gasteiger partial charge in [-0.25, -0.2) is 0 Å². The second kappa shape index (κ2) is 12.8. The molecule has 242 valence electrons. The smallest absolute Gasteiger partial charge is 0.305 e. The van der Waals surface area contributed by atoms with Crippen molar-refractivity contribution in [3.8, 4) is 0 Å². The molecule has 0 aromatic carbocycles. The topological polar surface area (TPSA) is 132 Å². The fourth-order valence-corrected chi connectivity index (χ4v) is 10.1. The highest BCUT2D eigenvalue weighted by Crippen LogP contribution is 2.69. The Labute approximate surface area is 255 Å². The van der Waals surface area contributed by atoms with Crippen LogP contribution in [0.3, 0.4) is 0 Å². The first-order valence-corrected chi connectivity index (χ1v) is 15.9. The number of methoxy groups -OCH3 is 1. The molecule has 0 saturated heterocycles. The van der Waals surface area contributed by atoms with Crippen LogP contribution in [0.25, 0.3) is 0 Å². The molecule has 4 aliphatic carbocycles. The zero-order valence-electron chi connectivity index (χ0n) is 27.0. The Morgan fingerprint density at radius 3 is 1.93 bits per heavy atom. The summed E-state index contributed by atoms with van der Waals surface area (Å²) in [7, 11) is 1.39. The van der Waals surface area contributed by atoms with Crippen LogP contribution in [-0.4, -0.2) is 61.4 Å². The molecule has 4 saturated carbocycles. The van der Waals surface area contributed by atoms with Crippen molar-refractivity contribution >= 4 is 29.8 Å². The zero-order chi connectivity index (χ0) is 31.9. The van der Waals surface area contributed by atoms with E-state index in [0.717, 1.165) is 19.3 Å². The summed E-state index contributed by atoms with van der Waals surface area (Å²) in [5, 5.41) is 0. The Morgan fingerprint density at radius 2 is 1.35 bits per heavy atom. The van der Waals surface area contributed by atoms with Gasteiger partial charge < -0.3 is 23.7 Å². The largest absolute Gasteiger partial charge is 0.469 e. The molecule has 0 spiro atoms. The molecule has 4 fully saturated rings. The highest BCUT2D eigenvalue weighted by molar-refractivity contribution is 5.69. The Balaban J connectivity index is 1.80. The first-order chi connectivity index (χ1) is 20.1. The highest BCUT2D eigenvalue weighted by Gasteiger charge is 2.70. The number of hydrogen-bond donors (Lipinski definition) is 0. The van der Waals surface area contributed by atoms with Gasteiger partial charge in [-0.15, -0.1) is 0 Å². The first kappa shape index (κ1) is 33.2. The van der Waals surface area contributed by atoms with Crippen LogP contribution in [-0.2, 0) is 47.7 Å². The van der Waals surface area contributed by atoms with Crippen LogP contribution in [0.1, 0.15) is 99.8 Å². The number of fused-ring (bicyclic) bond motifs is 5. The predicted octanol–water partition coefficient (Wildman–Crippen LogP) is 4.79. The molecular weight excluding hydrogens is 556 g/mol. The Kier molecular flexibility index (Phi) is 9.86. The van der Waals surface area contributed by atoms with Crippen molar-refractivity contribution in [1.29, 1.82) is 0 Å². The summed E-state index contributed by atoms with van der Waals surface area (Å²) in [6.45, 7) is 12.2. The molecule has 10 heteroatoms. The fraction of sp³-hybridized carbons (Fsp3) is 0.848. The number of rotatable bonds is 8. The minimum Gasteiger partial charge on any atom is -0.469 e. The van der Waals surface area contributed by atoms with Gasteiger partial charge in [-0.2, -0.15) is 0 Å². The molecule has 4 aliphatic rings. The standard InChI is InChI=1S/C33H50O10/c1-17(9-12-28(38)39-8)23-10-11-24-29-25(16-27(33(23,24)7)41-19(3)35)32(6)14-13-22(40-18(2)34)15-26(32)30(42-20(4)36)31(29)43-21(5)37/h17,22-27,29-31H,9-16H2,1-8H3/t17?,22-,23?,24?,25?,26+,27+,29?,30+,31?,32?,33?/m1/s1. The molecule has 8 unspecified atom stereocenters. The van der Waals surface area contributed by atoms with Crippen molar-refractivity contribution < 1.29 is 47.7 Å². The van der Waals surface area contributed by atoms with Crippen LogP contribution in [0.2, 0.25) is 0 Å². The molecule has 0 N–H and O–H groups in total. The zero-order valence-corrected chi connectivity index (χ0v) is 27.0. The van der Waals surface area contributed by atoms with Crippen molar-refractivity contribution in [2.24, 2.45) is 46.3 Å². The summed E-state index contributed by atoms with van der Waals surface area (Å²) in [5.41, 5.74) is -0.786. The van der Waals surface area contributed by atoms with Gasteiger partial charge in [0, 0.05) is 51.4 Å². The van der Waals surface area contributed by atoms with Gasteiger partial charge in [-0.05, 0) is 74.0 Å². The van der Waals surface area contributed by atoms with Crippen LogP contribution < -0.4 is 0 Å². The van der Waals surface area contributed by atoms with E-state index in [9.17, 15) is 24.0 Å². The molecule has 0 amide bonds. The molecule has 0 bridgehead atoms. The van der Waals surface area contributed by atoms with Gasteiger partial charge in [0.25, 0.3) is 0 Å². The molecule has 0 heterocycles. The second-order valence-electron chi connectivity index (χ2n) is 14.0. The van der Waals surface area contributed by atoms with E-state index in [-0.39, 0.29) is 71.0 Å². The van der Waals surface area contributed by atoms with Crippen LogP contribution >= 0.6 is 0 Å². The van der Waals surface area contributed by atoms with Gasteiger partial charge in [0.15, 0.2) is 0 Å². The van der Waals surface area contributed by atoms with Gasteiger partial charge in [-0.1, -0.05) is 20.8 Å². The lowest BCUT2D eigenvalue weighted by Gasteiger charge is -2.65. The molecule has 0 aromatic rings. The van der Waals surface area contributed by atoms with Crippen LogP contribution in [0.15, 0.2) is 0 Å². The predicted molar refractivity (Wildman–Crippen MR) is 154 cm³/mol. The Bertz CT molecular complexity index is 1100. The van der Waals surface area contributed by atoms with E-state index in [1.165, 1.54) is 34.8 Å². The summed E-state index contributed by atoms with van der Waals surface area (Å²) in [4.78, 5) is 61.7. The van der Waals surface area contributed by atoms with E-state index in [1.54, 1.807) is 0 Å². The molecule has 43 heavy (non-hydrogen) atoms. The lowest BCUT2D eigenvalue weighted by molar-refractivity contribution is -0.258. The monoisotopic (exact) mass is 606 g/mol. The summed E-state index contributed by atoms with van der Waals surface area (Å²) in [6, 6.07) is 0. The third kappa shape index (κ3) is 6.30. The SMILES string of the molecule is COC(=O)CCC(C)C1CCC2C3C(OC(C)=O)[C@@H](OC(C)=O)[C@@H]4C[C@H](OC(C)=O)CCC4(C)C3C[C@H](OC(C)=O)C12C. The maximum atomic E-state index is 12.7. The van der Waals surface area contributed by atoms with E-state index < -0.39 is 29.6 Å². The third-order valence-corrected chi connectivity index (χ3v) is 11.8. The van der Waals surface area contributed by atoms with Crippen LogP contribution in [0.4, 0.5) is 0 Å². The number of hydrogen-bond acceptors (Lipinski definition) is 10. The van der Waals surface area contributed by atoms with Crippen LogP contribution in [0, 0.1) is 46.3 Å². The van der Waals surface area contributed by atoms with Crippen molar-refractivity contribution in [2.45, 2.75) is 124 Å². The fourth-order valence-electron chi connectivity index (χ4n) is 10.1. The minimum absolute atomic E-state index is 0.0125. The second-order valence-corrected chi connectivity index (χ2v) is 14.0. The average Bonchev–Trinajstić information content (AvgIpc) is 3.27. The first-order valence-electron chi connectivity index (χ1n) is 15.9. The van der Waals surface area contributed by atoms with Gasteiger partial charge in [-0.3, -0.25) is 24.0 Å². The highest BCUT2D eigenvalue weighted by atomic mass is 16.6. The summed E-state index contributed by atoms with van der Waals surface area (Å²) < 4.78 is 29.0. The van der Waals surface area contributed by atoms with Gasteiger partial charge >= 0.3 is 29.8 Å². The van der Waals surface area contributed by atoms with Crippen molar-refractivity contribution in [3.63, 3.8) is 0 Å². The molecule has 10 nitrogen and oxygen atoms in total. The number of carbonyl (C=O) groups is 5. The van der Waals surface area contributed by atoms with Crippen molar-refractivity contribution in [3.05, 3.63) is 0 Å². The quantitative estimate of drug-likeness (QED) is 0.281. The lowest BCUT2D eigenvalue weighted by atomic mass is 9.42. The van der Waals surface area contributed by atoms with Crippen molar-refractivity contribution in [1.82, 2.24) is 0 Å². The van der Waals surface area contributed by atoms with Gasteiger partial charge in [0.2, 0.25) is 0 Å². The van der Waals surface area contributed by atoms with Gasteiger partial charge in [0.1, 0.15) is 24.4 Å². The molecule has 0 aliphatic heterocycles. The molecule has 4 rings (SSSR count). The van der Waals surface area contributed by atoms with E-state index in [1.807, 2.05) is 0 Å². The van der Waals surface area contributed by atoms with Crippen LogP contribution in [0.5, 0.6) is 0 Å². The summed E-state index contributed by atoms with van der Waals surface area (Å²) in [5.74, 6) is -1.84. The van der Waals surface area contributed by atoms with E-state index in [4.69, 9.17) is 23.7 Å². The van der Waals surface area contributed by atoms with Gasteiger partial charge in [0.05, 0.1) is 7.11 Å². The lowest BCUT2D eigenvalue weighted by Crippen LogP contribution is -2.68. The van der Waals surface area contributed by atoms with E-state index >= 15 is 0 Å². The number of ether oxygens (including phenoxy) is 5. The Morgan fingerprint density at radius 1 is 0.744 bits per heavy atom. The maximum absolute atomic E-state index is 12.7. The normalized spacial score (nSPS) is 40.5. The summed E-state index contributed by atoms with van der Waals surface area (Å²) in [6.07, 6.45) is 3.09. The third-order valence-electron chi connectivity index (χ3n) is 11.8. The minimum atomic E-state index is -0.698. The summed E-state index contributed by atoms with van der Waals surface area (Å²) >= 11 is 0. The molecule has 0 radical (unpaired) electrons. The molecule has 12 atom stereocenters. The number of esters is 5. The molecule has 0 aromatic heterocycles. The van der Waals surface area contributed by atoms with E-state index in [0.29, 0.717) is 32.1 Å². The van der Waals surface area contributed by atoms with Crippen molar-refractivity contribution in [2.75, 3.05) is 7.11 Å². The number of carbonyl (C=O) groups excluding carboxylic acids is 5. The Hall–Kier alpha value is -2.65. The molecular formula is C33H50O10. The maximum Gasteiger partial charge on any atom is 0.305 e.